The van der Waals surface area contributed by atoms with Crippen LogP contribution < -0.4 is 14.8 Å². The van der Waals surface area contributed by atoms with Crippen molar-refractivity contribution in [1.29, 1.82) is 0 Å². The highest BCUT2D eigenvalue weighted by molar-refractivity contribution is 7.89. The quantitative estimate of drug-likeness (QED) is 0.423. The van der Waals surface area contributed by atoms with Crippen LogP contribution in [0.25, 0.3) is 0 Å². The van der Waals surface area contributed by atoms with Crippen molar-refractivity contribution in [2.45, 2.75) is 74.4 Å². The summed E-state index contributed by atoms with van der Waals surface area (Å²) in [5.74, 6) is 2.67. The van der Waals surface area contributed by atoms with Gasteiger partial charge in [-0.15, -0.1) is 6.42 Å². The minimum atomic E-state index is -3.62. The molecule has 2 N–H and O–H groups in total. The number of methoxy groups -OCH3 is 1. The molecule has 34 heavy (non-hydrogen) atoms. The van der Waals surface area contributed by atoms with Crippen molar-refractivity contribution < 1.29 is 17.9 Å². The number of ether oxygens (including phenoxy) is 1. The van der Waals surface area contributed by atoms with Crippen LogP contribution in [-0.2, 0) is 26.8 Å². The minimum Gasteiger partial charge on any atom is -0.497 e. The normalized spacial score (nSPS) is 22.3. The second-order valence-electron chi connectivity index (χ2n) is 9.21. The van der Waals surface area contributed by atoms with Gasteiger partial charge in [0.05, 0.1) is 12.0 Å². The van der Waals surface area contributed by atoms with Gasteiger partial charge in [-0.1, -0.05) is 44.4 Å². The summed E-state index contributed by atoms with van der Waals surface area (Å²) in [6, 6.07) is 12.2. The number of rotatable bonds is 9. The molecule has 0 amide bonds. The summed E-state index contributed by atoms with van der Waals surface area (Å²) in [6.45, 7) is 2.14. The molecule has 180 valence electrons. The van der Waals surface area contributed by atoms with Crippen molar-refractivity contribution in [1.82, 2.24) is 10.0 Å². The van der Waals surface area contributed by atoms with Crippen molar-refractivity contribution in [3.05, 3.63) is 59.2 Å². The third-order valence-electron chi connectivity index (χ3n) is 7.01. The lowest BCUT2D eigenvalue weighted by Gasteiger charge is -2.42. The largest absolute Gasteiger partial charge is 0.497 e. The van der Waals surface area contributed by atoms with E-state index < -0.39 is 21.3 Å². The van der Waals surface area contributed by atoms with Crippen molar-refractivity contribution in [3.63, 3.8) is 0 Å². The van der Waals surface area contributed by atoms with Crippen molar-refractivity contribution in [3.8, 4) is 18.1 Å². The van der Waals surface area contributed by atoms with Crippen molar-refractivity contribution in [2.75, 3.05) is 7.11 Å². The van der Waals surface area contributed by atoms with E-state index in [1.807, 2.05) is 18.2 Å². The molecule has 7 heteroatoms. The molecule has 0 saturated heterocycles. The Morgan fingerprint density at radius 2 is 1.97 bits per heavy atom. The molecule has 6 nitrogen and oxygen atoms in total. The van der Waals surface area contributed by atoms with Gasteiger partial charge in [0.15, 0.2) is 0 Å². The number of sulfonamides is 1. The molecule has 1 aliphatic heterocycles. The number of Topliss-reactive ketones (excluding diaryl/α,β-unsaturated/α-hetero) is 1. The van der Waals surface area contributed by atoms with Crippen LogP contribution in [0.3, 0.4) is 0 Å². The molecule has 2 aromatic rings. The minimum absolute atomic E-state index is 0.000212. The Hall–Kier alpha value is -2.66. The molecule has 4 rings (SSSR count). The van der Waals surface area contributed by atoms with Gasteiger partial charge in [0.1, 0.15) is 11.3 Å². The Bertz CT molecular complexity index is 1200. The van der Waals surface area contributed by atoms with E-state index in [1.165, 1.54) is 0 Å². The summed E-state index contributed by atoms with van der Waals surface area (Å²) in [5.41, 5.74) is 1.17. The summed E-state index contributed by atoms with van der Waals surface area (Å²) >= 11 is 0. The second-order valence-corrected chi connectivity index (χ2v) is 10.9. The summed E-state index contributed by atoms with van der Waals surface area (Å²) in [4.78, 5) is 13.6. The van der Waals surface area contributed by atoms with Crippen molar-refractivity contribution >= 4 is 15.8 Å². The van der Waals surface area contributed by atoms with Crippen LogP contribution in [0.5, 0.6) is 5.75 Å². The maximum absolute atomic E-state index is 13.4. The average Bonchev–Trinajstić information content (AvgIpc) is 2.83. The van der Waals surface area contributed by atoms with Gasteiger partial charge in [0.2, 0.25) is 15.8 Å². The standard InChI is InChI=1S/C27H32N2O4S/c1-4-6-8-22-17-19-18-23(33-3)13-16-25(19)27(28-22,26(30)5-2)20-11-14-24(15-12-20)34(31,32)29-21-9-7-10-21/h2,11-16,18,21-22,28-29H,4,6-10,17H2,1,3H3/t22-,27-/m0/s1. The van der Waals surface area contributed by atoms with E-state index in [0.717, 1.165) is 61.8 Å². The van der Waals surface area contributed by atoms with E-state index in [4.69, 9.17) is 11.2 Å². The molecule has 1 saturated carbocycles. The average molecular weight is 481 g/mol. The van der Waals surface area contributed by atoms with E-state index in [9.17, 15) is 13.2 Å². The summed E-state index contributed by atoms with van der Waals surface area (Å²) in [6.07, 6.45) is 12.2. The van der Waals surface area contributed by atoms with Crippen LogP contribution in [0.2, 0.25) is 0 Å². The first-order valence-corrected chi connectivity index (χ1v) is 13.4. The van der Waals surface area contributed by atoms with Gasteiger partial charge in [-0.3, -0.25) is 10.1 Å². The van der Waals surface area contributed by atoms with E-state index in [2.05, 4.69) is 22.9 Å². The first-order chi connectivity index (χ1) is 16.3. The van der Waals surface area contributed by atoms with E-state index in [-0.39, 0.29) is 17.0 Å². The fourth-order valence-electron chi connectivity index (χ4n) is 4.92. The summed E-state index contributed by atoms with van der Waals surface area (Å²) in [7, 11) is -2.00. The second kappa shape index (κ2) is 9.91. The Morgan fingerprint density at radius 3 is 2.56 bits per heavy atom. The zero-order valence-electron chi connectivity index (χ0n) is 19.8. The number of terminal acetylenes is 1. The lowest BCUT2D eigenvalue weighted by atomic mass is 9.72. The Labute approximate surface area is 202 Å². The molecule has 0 bridgehead atoms. The van der Waals surface area contributed by atoms with Gasteiger partial charge >= 0.3 is 0 Å². The SMILES string of the molecule is C#CC(=O)[C@@]1(c2ccc(S(=O)(=O)NC3CCC3)cc2)N[C@@H](CCCC)Cc2cc(OC)ccc21. The van der Waals surface area contributed by atoms with Crippen molar-refractivity contribution in [2.24, 2.45) is 0 Å². The van der Waals surface area contributed by atoms with Crippen LogP contribution in [0.1, 0.15) is 62.1 Å². The summed E-state index contributed by atoms with van der Waals surface area (Å²) in [5, 5.41) is 3.57. The topological polar surface area (TPSA) is 84.5 Å². The first kappa shape index (κ1) is 24.5. The Balaban J connectivity index is 1.79. The smallest absolute Gasteiger partial charge is 0.240 e. The highest BCUT2D eigenvalue weighted by Gasteiger charge is 2.47. The lowest BCUT2D eigenvalue weighted by molar-refractivity contribution is -0.119. The van der Waals surface area contributed by atoms with E-state index in [0.29, 0.717) is 5.56 Å². The summed E-state index contributed by atoms with van der Waals surface area (Å²) < 4.78 is 33.8. The van der Waals surface area contributed by atoms with Gasteiger partial charge in [0, 0.05) is 12.1 Å². The molecule has 0 aromatic heterocycles. The maximum atomic E-state index is 13.4. The molecule has 1 aliphatic carbocycles. The third-order valence-corrected chi connectivity index (χ3v) is 8.54. The fourth-order valence-corrected chi connectivity index (χ4v) is 6.23. The number of benzene rings is 2. The van der Waals surface area contributed by atoms with Gasteiger partial charge in [-0.05, 0) is 72.6 Å². The van der Waals surface area contributed by atoms with Gasteiger partial charge in [-0.2, -0.15) is 0 Å². The highest BCUT2D eigenvalue weighted by atomic mass is 32.2. The monoisotopic (exact) mass is 480 g/mol. The molecular weight excluding hydrogens is 448 g/mol. The highest BCUT2D eigenvalue weighted by Crippen LogP contribution is 2.40. The number of nitrogens with one attached hydrogen (secondary N) is 2. The number of carbonyl (C=O) groups excluding carboxylic acids is 1. The molecule has 0 spiro atoms. The Kier molecular flexibility index (Phi) is 7.13. The van der Waals surface area contributed by atoms with Gasteiger partial charge < -0.3 is 4.74 Å². The van der Waals surface area contributed by atoms with Crippen LogP contribution in [0.15, 0.2) is 47.4 Å². The van der Waals surface area contributed by atoms with Crippen LogP contribution >= 0.6 is 0 Å². The van der Waals surface area contributed by atoms with Crippen LogP contribution in [0.4, 0.5) is 0 Å². The fraction of sp³-hybridized carbons (Fsp3) is 0.444. The Morgan fingerprint density at radius 1 is 1.24 bits per heavy atom. The molecule has 2 atom stereocenters. The molecule has 0 unspecified atom stereocenters. The molecular formula is C27H32N2O4S. The zero-order chi connectivity index (χ0) is 24.3. The molecule has 2 aromatic carbocycles. The molecule has 2 aliphatic rings. The van der Waals surface area contributed by atoms with Gasteiger partial charge in [-0.25, -0.2) is 13.1 Å². The third kappa shape index (κ3) is 4.50. The number of hydrogen-bond donors (Lipinski definition) is 2. The zero-order valence-corrected chi connectivity index (χ0v) is 20.6. The molecule has 1 fully saturated rings. The predicted octanol–water partition coefficient (Wildman–Crippen LogP) is 3.68. The van der Waals surface area contributed by atoms with Crippen LogP contribution in [0, 0.1) is 12.3 Å². The number of unbranched alkanes of at least 4 members (excludes halogenated alkanes) is 1. The van der Waals surface area contributed by atoms with Crippen LogP contribution in [-0.4, -0.2) is 33.4 Å². The lowest BCUT2D eigenvalue weighted by Crippen LogP contribution is -2.57. The first-order valence-electron chi connectivity index (χ1n) is 11.9. The molecule has 0 radical (unpaired) electrons. The number of ketones is 1. The number of fused-ring (bicyclic) bond motifs is 1. The maximum Gasteiger partial charge on any atom is 0.240 e. The predicted molar refractivity (Wildman–Crippen MR) is 132 cm³/mol. The number of carbonyl (C=O) groups is 1. The van der Waals surface area contributed by atoms with E-state index in [1.54, 1.807) is 31.4 Å². The molecule has 1 heterocycles. The number of hydrogen-bond acceptors (Lipinski definition) is 5. The van der Waals surface area contributed by atoms with Gasteiger partial charge in [0.25, 0.3) is 0 Å². The van der Waals surface area contributed by atoms with E-state index >= 15 is 0 Å².